The van der Waals surface area contributed by atoms with E-state index in [4.69, 9.17) is 9.84 Å². The van der Waals surface area contributed by atoms with Crippen molar-refractivity contribution in [2.24, 2.45) is 0 Å². The van der Waals surface area contributed by atoms with Crippen molar-refractivity contribution in [3.8, 4) is 5.75 Å². The predicted molar refractivity (Wildman–Crippen MR) is 68.7 cm³/mol. The molecule has 1 aromatic carbocycles. The number of aliphatic carboxylic acids is 1. The van der Waals surface area contributed by atoms with Crippen LogP contribution < -0.4 is 4.74 Å². The van der Waals surface area contributed by atoms with Crippen LogP contribution in [-0.4, -0.2) is 35.7 Å². The molecule has 0 aliphatic heterocycles. The van der Waals surface area contributed by atoms with Gasteiger partial charge in [-0.15, -0.1) is 0 Å². The van der Waals surface area contributed by atoms with Crippen molar-refractivity contribution >= 4 is 5.97 Å². The van der Waals surface area contributed by atoms with Crippen LogP contribution in [0.2, 0.25) is 0 Å². The minimum absolute atomic E-state index is 0.200. The summed E-state index contributed by atoms with van der Waals surface area (Å²) in [5.74, 6) is 0.138. The minimum atomic E-state index is -0.735. The molecule has 1 N–H and O–H groups in total. The number of hydrogen-bond acceptors (Lipinski definition) is 3. The van der Waals surface area contributed by atoms with E-state index < -0.39 is 5.97 Å². The largest absolute Gasteiger partial charge is 0.496 e. The zero-order valence-electron chi connectivity index (χ0n) is 10.6. The lowest BCUT2D eigenvalue weighted by atomic mass is 10.2. The Morgan fingerprint density at radius 3 is 2.78 bits per heavy atom. The second-order valence-electron chi connectivity index (χ2n) is 4.66. The van der Waals surface area contributed by atoms with Crippen LogP contribution in [0, 0.1) is 0 Å². The summed E-state index contributed by atoms with van der Waals surface area (Å²) < 4.78 is 5.33. The first-order valence-electron chi connectivity index (χ1n) is 6.28. The van der Waals surface area contributed by atoms with Gasteiger partial charge in [-0.3, -0.25) is 9.69 Å². The van der Waals surface area contributed by atoms with Gasteiger partial charge in [-0.05, 0) is 18.9 Å². The molecule has 0 aromatic heterocycles. The topological polar surface area (TPSA) is 49.8 Å². The first-order chi connectivity index (χ1) is 8.70. The Morgan fingerprint density at radius 1 is 1.44 bits per heavy atom. The average Bonchev–Trinajstić information content (AvgIpc) is 3.19. The molecule has 1 fully saturated rings. The quantitative estimate of drug-likeness (QED) is 0.804. The number of rotatable bonds is 7. The van der Waals surface area contributed by atoms with Crippen LogP contribution in [0.25, 0.3) is 0 Å². The normalized spacial score (nSPS) is 14.8. The molecule has 0 amide bonds. The maximum Gasteiger partial charge on any atom is 0.304 e. The van der Waals surface area contributed by atoms with E-state index in [0.29, 0.717) is 12.6 Å². The first kappa shape index (κ1) is 12.9. The highest BCUT2D eigenvalue weighted by molar-refractivity contribution is 5.66. The van der Waals surface area contributed by atoms with Crippen LogP contribution in [0.4, 0.5) is 0 Å². The van der Waals surface area contributed by atoms with Gasteiger partial charge in [-0.1, -0.05) is 18.2 Å². The highest BCUT2D eigenvalue weighted by atomic mass is 16.5. The van der Waals surface area contributed by atoms with E-state index in [-0.39, 0.29) is 6.42 Å². The summed E-state index contributed by atoms with van der Waals surface area (Å²) in [5, 5.41) is 8.78. The zero-order chi connectivity index (χ0) is 13.0. The van der Waals surface area contributed by atoms with Gasteiger partial charge in [-0.2, -0.15) is 0 Å². The van der Waals surface area contributed by atoms with Gasteiger partial charge in [0.2, 0.25) is 0 Å². The van der Waals surface area contributed by atoms with Crippen LogP contribution >= 0.6 is 0 Å². The van der Waals surface area contributed by atoms with Crippen LogP contribution in [0.15, 0.2) is 24.3 Å². The van der Waals surface area contributed by atoms with Crippen molar-refractivity contribution in [3.05, 3.63) is 29.8 Å². The number of ether oxygens (including phenoxy) is 1. The molecule has 0 atom stereocenters. The molecule has 0 unspecified atom stereocenters. The molecule has 0 bridgehead atoms. The Balaban J connectivity index is 2.01. The third kappa shape index (κ3) is 3.47. The van der Waals surface area contributed by atoms with Gasteiger partial charge >= 0.3 is 5.97 Å². The molecule has 98 valence electrons. The molecule has 18 heavy (non-hydrogen) atoms. The van der Waals surface area contributed by atoms with Gasteiger partial charge in [0.15, 0.2) is 0 Å². The first-order valence-corrected chi connectivity index (χ1v) is 6.28. The number of carboxylic acid groups (broad SMARTS) is 1. The van der Waals surface area contributed by atoms with E-state index in [1.807, 2.05) is 24.3 Å². The highest BCUT2D eigenvalue weighted by Crippen LogP contribution is 2.30. The molecule has 0 saturated heterocycles. The summed E-state index contributed by atoms with van der Waals surface area (Å²) in [6.45, 7) is 1.38. The predicted octanol–water partition coefficient (Wildman–Crippen LogP) is 2.13. The van der Waals surface area contributed by atoms with Crippen molar-refractivity contribution in [1.29, 1.82) is 0 Å². The fourth-order valence-corrected chi connectivity index (χ4v) is 2.12. The van der Waals surface area contributed by atoms with Gasteiger partial charge in [0.05, 0.1) is 13.5 Å². The fraction of sp³-hybridized carbons (Fsp3) is 0.500. The van der Waals surface area contributed by atoms with E-state index in [9.17, 15) is 4.79 Å². The minimum Gasteiger partial charge on any atom is -0.496 e. The van der Waals surface area contributed by atoms with Gasteiger partial charge in [0.1, 0.15) is 5.75 Å². The number of methoxy groups -OCH3 is 1. The van der Waals surface area contributed by atoms with E-state index in [2.05, 4.69) is 4.90 Å². The molecule has 1 aliphatic carbocycles. The van der Waals surface area contributed by atoms with Crippen molar-refractivity contribution < 1.29 is 14.6 Å². The van der Waals surface area contributed by atoms with Crippen molar-refractivity contribution in [3.63, 3.8) is 0 Å². The van der Waals surface area contributed by atoms with Gasteiger partial charge in [0, 0.05) is 24.7 Å². The van der Waals surface area contributed by atoms with E-state index in [0.717, 1.165) is 17.9 Å². The molecule has 1 aliphatic rings. The number of benzene rings is 1. The van der Waals surface area contributed by atoms with Gasteiger partial charge < -0.3 is 9.84 Å². The van der Waals surface area contributed by atoms with Crippen LogP contribution in [0.1, 0.15) is 24.8 Å². The second kappa shape index (κ2) is 5.87. The molecular formula is C14H19NO3. The van der Waals surface area contributed by atoms with Crippen molar-refractivity contribution in [1.82, 2.24) is 4.90 Å². The summed E-state index contributed by atoms with van der Waals surface area (Å²) in [4.78, 5) is 12.9. The third-order valence-electron chi connectivity index (χ3n) is 3.24. The molecule has 0 heterocycles. The molecule has 2 rings (SSSR count). The maximum atomic E-state index is 10.7. The monoisotopic (exact) mass is 249 g/mol. The Labute approximate surface area is 107 Å². The number of para-hydroxylation sites is 1. The average molecular weight is 249 g/mol. The molecule has 0 spiro atoms. The molecule has 1 aromatic rings. The summed E-state index contributed by atoms with van der Waals surface area (Å²) >= 11 is 0. The zero-order valence-corrected chi connectivity index (χ0v) is 10.6. The lowest BCUT2D eigenvalue weighted by molar-refractivity contribution is -0.137. The third-order valence-corrected chi connectivity index (χ3v) is 3.24. The standard InChI is InChI=1S/C14H19NO3/c1-18-13-5-3-2-4-11(13)10-15(12-6-7-12)9-8-14(16)17/h2-5,12H,6-10H2,1H3,(H,16,17). The second-order valence-corrected chi connectivity index (χ2v) is 4.66. The Hall–Kier alpha value is -1.55. The number of carboxylic acids is 1. The molecule has 1 saturated carbocycles. The molecule has 4 heteroatoms. The Morgan fingerprint density at radius 2 is 2.17 bits per heavy atom. The van der Waals surface area contributed by atoms with E-state index >= 15 is 0 Å². The highest BCUT2D eigenvalue weighted by Gasteiger charge is 2.29. The Kier molecular flexibility index (Phi) is 4.20. The summed E-state index contributed by atoms with van der Waals surface area (Å²) in [6.07, 6.45) is 2.55. The Bertz CT molecular complexity index is 415. The van der Waals surface area contributed by atoms with Gasteiger partial charge in [0.25, 0.3) is 0 Å². The number of carbonyl (C=O) groups is 1. The summed E-state index contributed by atoms with van der Waals surface area (Å²) in [7, 11) is 1.66. The van der Waals surface area contributed by atoms with Crippen molar-refractivity contribution in [2.75, 3.05) is 13.7 Å². The maximum absolute atomic E-state index is 10.7. The van der Waals surface area contributed by atoms with Crippen molar-refractivity contribution in [2.45, 2.75) is 31.8 Å². The van der Waals surface area contributed by atoms with Gasteiger partial charge in [-0.25, -0.2) is 0 Å². The van der Waals surface area contributed by atoms with Crippen LogP contribution in [0.5, 0.6) is 5.75 Å². The van der Waals surface area contributed by atoms with E-state index in [1.165, 1.54) is 12.8 Å². The molecule has 0 radical (unpaired) electrons. The summed E-state index contributed by atoms with van der Waals surface area (Å²) in [5.41, 5.74) is 1.12. The number of hydrogen-bond donors (Lipinski definition) is 1. The SMILES string of the molecule is COc1ccccc1CN(CCC(=O)O)C1CC1. The van der Waals surface area contributed by atoms with Crippen LogP contribution in [0.3, 0.4) is 0 Å². The molecule has 4 nitrogen and oxygen atoms in total. The molecular weight excluding hydrogens is 230 g/mol. The lowest BCUT2D eigenvalue weighted by Gasteiger charge is -2.22. The van der Waals surface area contributed by atoms with Crippen LogP contribution in [-0.2, 0) is 11.3 Å². The summed E-state index contributed by atoms with van der Waals surface area (Å²) in [6, 6.07) is 8.46. The fourth-order valence-electron chi connectivity index (χ4n) is 2.12. The lowest BCUT2D eigenvalue weighted by Crippen LogP contribution is -2.28. The smallest absolute Gasteiger partial charge is 0.304 e. The van der Waals surface area contributed by atoms with E-state index in [1.54, 1.807) is 7.11 Å². The number of nitrogens with zero attached hydrogens (tertiary/aromatic N) is 1.